The molecule has 0 spiro atoms. The Labute approximate surface area is 120 Å². The van der Waals surface area contributed by atoms with Gasteiger partial charge < -0.3 is 28.8 Å². The highest BCUT2D eigenvalue weighted by Gasteiger charge is 2.32. The van der Waals surface area contributed by atoms with Crippen molar-refractivity contribution in [1.82, 2.24) is 0 Å². The van der Waals surface area contributed by atoms with Gasteiger partial charge in [0.2, 0.25) is 0 Å². The predicted molar refractivity (Wildman–Crippen MR) is 71.3 cm³/mol. The van der Waals surface area contributed by atoms with Gasteiger partial charge >= 0.3 is 0 Å². The van der Waals surface area contributed by atoms with E-state index in [1.54, 1.807) is 0 Å². The number of hydrogen-bond acceptors (Lipinski definition) is 6. The molecule has 2 aliphatic rings. The van der Waals surface area contributed by atoms with Gasteiger partial charge in [-0.1, -0.05) is 0 Å². The van der Waals surface area contributed by atoms with E-state index >= 15 is 0 Å². The second-order valence-electron chi connectivity index (χ2n) is 5.72. The molecule has 2 aliphatic heterocycles. The maximum atomic E-state index is 9.32. The second kappa shape index (κ2) is 7.68. The van der Waals surface area contributed by atoms with Gasteiger partial charge in [0.15, 0.2) is 12.1 Å². The molecule has 2 heterocycles. The maximum Gasteiger partial charge on any atom is 0.163 e. The molecular weight excluding hydrogens is 264 g/mol. The molecule has 6 nitrogen and oxygen atoms in total. The highest BCUT2D eigenvalue weighted by Crippen LogP contribution is 2.22. The third-order valence-corrected chi connectivity index (χ3v) is 3.36. The number of aliphatic hydroxyl groups excluding tert-OH is 1. The van der Waals surface area contributed by atoms with Crippen LogP contribution in [0.1, 0.15) is 33.1 Å². The normalized spacial score (nSPS) is 31.4. The lowest BCUT2D eigenvalue weighted by atomic mass is 10.2. The summed E-state index contributed by atoms with van der Waals surface area (Å²) in [5, 5.41) is 9.32. The van der Waals surface area contributed by atoms with Crippen LogP contribution in [0, 0.1) is 0 Å². The van der Waals surface area contributed by atoms with Crippen LogP contribution in [0.3, 0.4) is 0 Å². The smallest absolute Gasteiger partial charge is 0.163 e. The van der Waals surface area contributed by atoms with Crippen LogP contribution in [0.2, 0.25) is 0 Å². The van der Waals surface area contributed by atoms with E-state index < -0.39 is 5.79 Å². The largest absolute Gasteiger partial charge is 0.394 e. The van der Waals surface area contributed by atoms with Crippen LogP contribution >= 0.6 is 0 Å². The van der Waals surface area contributed by atoms with Gasteiger partial charge in [0.05, 0.1) is 26.4 Å². The van der Waals surface area contributed by atoms with E-state index in [0.717, 1.165) is 25.9 Å². The topological polar surface area (TPSA) is 66.4 Å². The van der Waals surface area contributed by atoms with Gasteiger partial charge in [-0.2, -0.15) is 0 Å². The van der Waals surface area contributed by atoms with Crippen LogP contribution in [0.4, 0.5) is 0 Å². The van der Waals surface area contributed by atoms with Crippen molar-refractivity contribution in [2.45, 2.75) is 57.4 Å². The Balaban J connectivity index is 1.61. The molecule has 0 aromatic rings. The third-order valence-electron chi connectivity index (χ3n) is 3.36. The lowest BCUT2D eigenvalue weighted by molar-refractivity contribution is -0.206. The van der Waals surface area contributed by atoms with Crippen LogP contribution < -0.4 is 0 Å². The lowest BCUT2D eigenvalue weighted by Gasteiger charge is -2.27. The van der Waals surface area contributed by atoms with E-state index in [1.807, 2.05) is 13.8 Å². The molecule has 2 fully saturated rings. The average molecular weight is 290 g/mol. The lowest BCUT2D eigenvalue weighted by Crippen LogP contribution is -2.34. The monoisotopic (exact) mass is 290 g/mol. The molecule has 3 atom stereocenters. The summed E-state index contributed by atoms with van der Waals surface area (Å²) in [5.74, 6) is -0.531. The third kappa shape index (κ3) is 5.27. The van der Waals surface area contributed by atoms with E-state index in [1.165, 1.54) is 0 Å². The molecule has 1 N–H and O–H groups in total. The van der Waals surface area contributed by atoms with Gasteiger partial charge in [0.25, 0.3) is 0 Å². The fourth-order valence-corrected chi connectivity index (χ4v) is 2.34. The minimum atomic E-state index is -0.531. The first-order valence-corrected chi connectivity index (χ1v) is 7.36. The Kier molecular flexibility index (Phi) is 6.20. The predicted octanol–water partition coefficient (Wildman–Crippen LogP) is 1.06. The molecule has 0 radical (unpaired) electrons. The first-order valence-electron chi connectivity index (χ1n) is 7.36. The molecule has 118 valence electrons. The van der Waals surface area contributed by atoms with E-state index in [2.05, 4.69) is 0 Å². The molecule has 20 heavy (non-hydrogen) atoms. The summed E-state index contributed by atoms with van der Waals surface area (Å²) in [6, 6.07) is 0. The number of hydrogen-bond donors (Lipinski definition) is 1. The van der Waals surface area contributed by atoms with Gasteiger partial charge in [0.1, 0.15) is 12.2 Å². The fraction of sp³-hybridized carbons (Fsp3) is 1.00. The maximum absolute atomic E-state index is 9.32. The van der Waals surface area contributed by atoms with Crippen molar-refractivity contribution in [3.05, 3.63) is 0 Å². The first-order chi connectivity index (χ1) is 9.59. The molecule has 3 unspecified atom stereocenters. The molecular formula is C14H26O6. The average Bonchev–Trinajstić information content (AvgIpc) is 2.78. The molecule has 0 aromatic heterocycles. The van der Waals surface area contributed by atoms with Crippen molar-refractivity contribution in [1.29, 1.82) is 0 Å². The van der Waals surface area contributed by atoms with E-state index in [4.69, 9.17) is 23.7 Å². The quantitative estimate of drug-likeness (QED) is 0.756. The van der Waals surface area contributed by atoms with Crippen LogP contribution in [-0.4, -0.2) is 62.4 Å². The van der Waals surface area contributed by atoms with Gasteiger partial charge in [-0.25, -0.2) is 0 Å². The van der Waals surface area contributed by atoms with Crippen LogP contribution in [0.15, 0.2) is 0 Å². The molecule has 2 rings (SSSR count). The summed E-state index contributed by atoms with van der Waals surface area (Å²) in [6.07, 6.45) is 2.43. The Bertz CT molecular complexity index is 277. The molecule has 0 saturated carbocycles. The Morgan fingerprint density at radius 2 is 2.20 bits per heavy atom. The molecule has 0 aliphatic carbocycles. The highest BCUT2D eigenvalue weighted by molar-refractivity contribution is 4.70. The van der Waals surface area contributed by atoms with Crippen molar-refractivity contribution in [2.24, 2.45) is 0 Å². The number of aliphatic hydroxyl groups is 1. The van der Waals surface area contributed by atoms with Crippen molar-refractivity contribution >= 4 is 0 Å². The Morgan fingerprint density at radius 1 is 1.35 bits per heavy atom. The summed E-state index contributed by atoms with van der Waals surface area (Å²) < 4.78 is 27.8. The van der Waals surface area contributed by atoms with Crippen molar-refractivity contribution in [2.75, 3.05) is 33.0 Å². The van der Waals surface area contributed by atoms with E-state index in [-0.39, 0.29) is 25.1 Å². The van der Waals surface area contributed by atoms with Crippen molar-refractivity contribution in [3.63, 3.8) is 0 Å². The Morgan fingerprint density at radius 3 is 2.80 bits per heavy atom. The SMILES string of the molecule is CC1(C)OCC(COCC(CO)OC2CCCCO2)O1. The van der Waals surface area contributed by atoms with E-state index in [0.29, 0.717) is 19.8 Å². The van der Waals surface area contributed by atoms with Gasteiger partial charge in [-0.05, 0) is 33.1 Å². The molecule has 0 aromatic carbocycles. The summed E-state index contributed by atoms with van der Waals surface area (Å²) in [6.45, 7) is 5.72. The van der Waals surface area contributed by atoms with Crippen LogP contribution in [0.5, 0.6) is 0 Å². The summed E-state index contributed by atoms with van der Waals surface area (Å²) >= 11 is 0. The first kappa shape index (κ1) is 16.1. The molecule has 0 amide bonds. The highest BCUT2D eigenvalue weighted by atomic mass is 16.7. The molecule has 2 saturated heterocycles. The van der Waals surface area contributed by atoms with Gasteiger partial charge in [0, 0.05) is 6.61 Å². The summed E-state index contributed by atoms with van der Waals surface area (Å²) in [4.78, 5) is 0. The fourth-order valence-electron chi connectivity index (χ4n) is 2.34. The van der Waals surface area contributed by atoms with Crippen molar-refractivity contribution < 1.29 is 28.8 Å². The van der Waals surface area contributed by atoms with Crippen LogP contribution in [-0.2, 0) is 23.7 Å². The van der Waals surface area contributed by atoms with Crippen LogP contribution in [0.25, 0.3) is 0 Å². The summed E-state index contributed by atoms with van der Waals surface area (Å²) in [7, 11) is 0. The zero-order chi connectivity index (χ0) is 14.4. The second-order valence-corrected chi connectivity index (χ2v) is 5.72. The molecule has 6 heteroatoms. The van der Waals surface area contributed by atoms with E-state index in [9.17, 15) is 5.11 Å². The Hall–Kier alpha value is -0.240. The number of rotatable bonds is 7. The molecule has 0 bridgehead atoms. The standard InChI is InChI=1S/C14H26O6/c1-14(2)18-10-12(20-14)9-16-8-11(7-15)19-13-5-3-4-6-17-13/h11-13,15H,3-10H2,1-2H3. The summed E-state index contributed by atoms with van der Waals surface area (Å²) in [5.41, 5.74) is 0. The zero-order valence-corrected chi connectivity index (χ0v) is 12.4. The number of ether oxygens (including phenoxy) is 5. The zero-order valence-electron chi connectivity index (χ0n) is 12.4. The minimum Gasteiger partial charge on any atom is -0.394 e. The van der Waals surface area contributed by atoms with Gasteiger partial charge in [-0.3, -0.25) is 0 Å². The van der Waals surface area contributed by atoms with Crippen molar-refractivity contribution in [3.8, 4) is 0 Å². The minimum absolute atomic E-state index is 0.0599. The van der Waals surface area contributed by atoms with Gasteiger partial charge in [-0.15, -0.1) is 0 Å².